The maximum atomic E-state index is 13.8. The van der Waals surface area contributed by atoms with Gasteiger partial charge in [-0.1, -0.05) is 24.3 Å². The number of hydrogen-bond acceptors (Lipinski definition) is 2. The van der Waals surface area contributed by atoms with Crippen LogP contribution in [0.5, 0.6) is 0 Å². The Morgan fingerprint density at radius 1 is 1.00 bits per heavy atom. The Labute approximate surface area is 126 Å². The number of hydrogen-bond donors (Lipinski definition) is 0. The van der Waals surface area contributed by atoms with E-state index in [4.69, 9.17) is 0 Å². The number of allylic oxidation sites excluding steroid dienone is 2. The van der Waals surface area contributed by atoms with Crippen LogP contribution in [0, 0.1) is 23.6 Å². The number of fused-ring (bicyclic) bond motifs is 2. The molecule has 0 amide bonds. The quantitative estimate of drug-likeness (QED) is 0.788. The van der Waals surface area contributed by atoms with Crippen molar-refractivity contribution in [2.75, 3.05) is 37.6 Å². The summed E-state index contributed by atoms with van der Waals surface area (Å²) in [4.78, 5) is 4.77. The van der Waals surface area contributed by atoms with E-state index in [2.05, 4.69) is 22.0 Å². The van der Waals surface area contributed by atoms with E-state index < -0.39 is 0 Å². The predicted molar refractivity (Wildman–Crippen MR) is 83.9 cm³/mol. The van der Waals surface area contributed by atoms with Gasteiger partial charge in [-0.3, -0.25) is 4.90 Å². The fourth-order valence-electron chi connectivity index (χ4n) is 4.32. The zero-order valence-corrected chi connectivity index (χ0v) is 12.4. The number of rotatable bonds is 3. The highest BCUT2D eigenvalue weighted by molar-refractivity contribution is 5.47. The Morgan fingerprint density at radius 2 is 1.81 bits per heavy atom. The van der Waals surface area contributed by atoms with E-state index in [-0.39, 0.29) is 5.82 Å². The van der Waals surface area contributed by atoms with E-state index in [1.165, 1.54) is 19.4 Å². The van der Waals surface area contributed by atoms with Crippen LogP contribution in [0.4, 0.5) is 10.1 Å². The maximum Gasteiger partial charge on any atom is 0.146 e. The minimum atomic E-state index is -0.0933. The molecule has 1 saturated heterocycles. The average molecular weight is 286 g/mol. The molecule has 0 radical (unpaired) electrons. The first-order chi connectivity index (χ1) is 10.3. The third-order valence-electron chi connectivity index (χ3n) is 5.47. The topological polar surface area (TPSA) is 6.48 Å². The lowest BCUT2D eigenvalue weighted by atomic mass is 9.93. The third-order valence-corrected chi connectivity index (χ3v) is 5.47. The van der Waals surface area contributed by atoms with Gasteiger partial charge in [-0.05, 0) is 42.7 Å². The fourth-order valence-corrected chi connectivity index (χ4v) is 4.32. The van der Waals surface area contributed by atoms with Gasteiger partial charge in [0.25, 0.3) is 0 Å². The lowest BCUT2D eigenvalue weighted by Crippen LogP contribution is -2.48. The van der Waals surface area contributed by atoms with E-state index >= 15 is 0 Å². The number of benzene rings is 1. The summed E-state index contributed by atoms with van der Waals surface area (Å²) in [5.41, 5.74) is 0.764. The van der Waals surface area contributed by atoms with E-state index in [9.17, 15) is 4.39 Å². The van der Waals surface area contributed by atoms with Gasteiger partial charge in [-0.25, -0.2) is 4.39 Å². The van der Waals surface area contributed by atoms with Gasteiger partial charge in [0.1, 0.15) is 5.82 Å². The molecule has 112 valence electrons. The number of halogens is 1. The van der Waals surface area contributed by atoms with Gasteiger partial charge in [0, 0.05) is 32.7 Å². The molecule has 2 bridgehead atoms. The number of piperazine rings is 1. The van der Waals surface area contributed by atoms with Crippen LogP contribution in [0.3, 0.4) is 0 Å². The first-order valence-corrected chi connectivity index (χ1v) is 8.20. The van der Waals surface area contributed by atoms with E-state index in [0.29, 0.717) is 0 Å². The summed E-state index contributed by atoms with van der Waals surface area (Å²) in [6, 6.07) is 7.14. The highest BCUT2D eigenvalue weighted by atomic mass is 19.1. The van der Waals surface area contributed by atoms with Crippen molar-refractivity contribution in [1.82, 2.24) is 4.90 Å². The van der Waals surface area contributed by atoms with E-state index in [1.54, 1.807) is 12.1 Å². The van der Waals surface area contributed by atoms with Gasteiger partial charge in [0.15, 0.2) is 0 Å². The Kier molecular flexibility index (Phi) is 3.46. The summed E-state index contributed by atoms with van der Waals surface area (Å²) >= 11 is 0. The van der Waals surface area contributed by atoms with Crippen molar-refractivity contribution >= 4 is 5.69 Å². The van der Waals surface area contributed by atoms with Crippen molar-refractivity contribution in [3.8, 4) is 0 Å². The minimum absolute atomic E-state index is 0.0933. The van der Waals surface area contributed by atoms with Crippen LogP contribution in [0.1, 0.15) is 12.8 Å². The van der Waals surface area contributed by atoms with Gasteiger partial charge < -0.3 is 4.90 Å². The lowest BCUT2D eigenvalue weighted by molar-refractivity contribution is 0.204. The molecule has 0 spiro atoms. The Hall–Kier alpha value is -1.35. The largest absolute Gasteiger partial charge is 0.367 e. The zero-order valence-electron chi connectivity index (χ0n) is 12.4. The maximum absolute atomic E-state index is 13.8. The first kappa shape index (κ1) is 13.3. The standard InChI is InChI=1S/C18H23FN2/c19-17-3-1-2-4-18(17)21-9-7-20(8-10-21)13-16-12-14-5-6-15(16)11-14/h1-6,14-16H,7-13H2/t14-,15+,16-/m1/s1. The molecule has 1 saturated carbocycles. The number of anilines is 1. The molecule has 1 aliphatic heterocycles. The van der Waals surface area contributed by atoms with Crippen molar-refractivity contribution < 1.29 is 4.39 Å². The molecule has 0 unspecified atom stereocenters. The first-order valence-electron chi connectivity index (χ1n) is 8.20. The van der Waals surface area contributed by atoms with Crippen molar-refractivity contribution in [3.05, 3.63) is 42.2 Å². The Balaban J connectivity index is 1.33. The van der Waals surface area contributed by atoms with Gasteiger partial charge in [0.05, 0.1) is 5.69 Å². The summed E-state index contributed by atoms with van der Waals surface area (Å²) in [7, 11) is 0. The predicted octanol–water partition coefficient (Wildman–Crippen LogP) is 3.16. The van der Waals surface area contributed by atoms with Crippen molar-refractivity contribution in [2.45, 2.75) is 12.8 Å². The monoisotopic (exact) mass is 286 g/mol. The minimum Gasteiger partial charge on any atom is -0.367 e. The molecule has 2 fully saturated rings. The molecule has 1 aromatic carbocycles. The number of para-hydroxylation sites is 1. The molecule has 0 aromatic heterocycles. The van der Waals surface area contributed by atoms with Crippen molar-refractivity contribution in [3.63, 3.8) is 0 Å². The third kappa shape index (κ3) is 2.59. The molecule has 3 aliphatic rings. The van der Waals surface area contributed by atoms with Crippen LogP contribution < -0.4 is 4.90 Å². The molecular weight excluding hydrogens is 263 g/mol. The summed E-state index contributed by atoms with van der Waals surface area (Å²) in [5.74, 6) is 2.46. The van der Waals surface area contributed by atoms with Crippen LogP contribution in [-0.2, 0) is 0 Å². The second-order valence-electron chi connectivity index (χ2n) is 6.78. The molecule has 4 rings (SSSR count). The van der Waals surface area contributed by atoms with Crippen LogP contribution in [0.2, 0.25) is 0 Å². The second-order valence-corrected chi connectivity index (χ2v) is 6.78. The highest BCUT2D eigenvalue weighted by Gasteiger charge is 2.36. The smallest absolute Gasteiger partial charge is 0.146 e. The molecule has 3 heteroatoms. The van der Waals surface area contributed by atoms with Gasteiger partial charge in [-0.15, -0.1) is 0 Å². The molecule has 1 heterocycles. The molecular formula is C18H23FN2. The van der Waals surface area contributed by atoms with Crippen LogP contribution in [0.15, 0.2) is 36.4 Å². The van der Waals surface area contributed by atoms with Crippen molar-refractivity contribution in [2.24, 2.45) is 17.8 Å². The average Bonchev–Trinajstić information content (AvgIpc) is 3.11. The van der Waals surface area contributed by atoms with E-state index in [1.807, 2.05) is 12.1 Å². The highest BCUT2D eigenvalue weighted by Crippen LogP contribution is 2.43. The lowest BCUT2D eigenvalue weighted by Gasteiger charge is -2.38. The summed E-state index contributed by atoms with van der Waals surface area (Å²) < 4.78 is 13.8. The van der Waals surface area contributed by atoms with Gasteiger partial charge in [-0.2, -0.15) is 0 Å². The number of nitrogens with zero attached hydrogens (tertiary/aromatic N) is 2. The molecule has 2 aliphatic carbocycles. The second kappa shape index (κ2) is 5.45. The molecule has 1 aromatic rings. The summed E-state index contributed by atoms with van der Waals surface area (Å²) in [6.07, 6.45) is 7.63. The summed E-state index contributed by atoms with van der Waals surface area (Å²) in [5, 5.41) is 0. The summed E-state index contributed by atoms with van der Waals surface area (Å²) in [6.45, 7) is 5.24. The fraction of sp³-hybridized carbons (Fsp3) is 0.556. The Morgan fingerprint density at radius 3 is 2.48 bits per heavy atom. The van der Waals surface area contributed by atoms with Crippen LogP contribution in [0.25, 0.3) is 0 Å². The normalized spacial score (nSPS) is 32.0. The van der Waals surface area contributed by atoms with Crippen LogP contribution in [-0.4, -0.2) is 37.6 Å². The Bertz CT molecular complexity index is 534. The molecule has 3 atom stereocenters. The molecule has 0 N–H and O–H groups in total. The molecule has 21 heavy (non-hydrogen) atoms. The molecule has 2 nitrogen and oxygen atoms in total. The SMILES string of the molecule is Fc1ccccc1N1CCN(C[C@H]2C[C@@H]3C=C[C@H]2C3)CC1. The van der Waals surface area contributed by atoms with Crippen LogP contribution >= 0.6 is 0 Å². The zero-order chi connectivity index (χ0) is 14.2. The van der Waals surface area contributed by atoms with Crippen molar-refractivity contribution in [1.29, 1.82) is 0 Å². The van der Waals surface area contributed by atoms with Gasteiger partial charge in [0.2, 0.25) is 0 Å². The van der Waals surface area contributed by atoms with E-state index in [0.717, 1.165) is 49.6 Å². The van der Waals surface area contributed by atoms with Gasteiger partial charge >= 0.3 is 0 Å².